The Balaban J connectivity index is 1.55. The first kappa shape index (κ1) is 15.3. The van der Waals surface area contributed by atoms with Crippen molar-refractivity contribution in [1.82, 2.24) is 15.3 Å². The van der Waals surface area contributed by atoms with Crippen molar-refractivity contribution >= 4 is 11.9 Å². The average molecular weight is 302 g/mol. The van der Waals surface area contributed by atoms with Gasteiger partial charge in [-0.1, -0.05) is 26.2 Å². The van der Waals surface area contributed by atoms with Gasteiger partial charge in [0.1, 0.15) is 0 Å². The molecule has 0 radical (unpaired) electrons. The van der Waals surface area contributed by atoms with Crippen molar-refractivity contribution in [1.29, 1.82) is 0 Å². The first-order valence-corrected chi connectivity index (χ1v) is 8.50. The Morgan fingerprint density at radius 3 is 2.45 bits per heavy atom. The van der Waals surface area contributed by atoms with Gasteiger partial charge in [-0.2, -0.15) is 0 Å². The maximum absolute atomic E-state index is 12.7. The van der Waals surface area contributed by atoms with Crippen LogP contribution < -0.4 is 10.2 Å². The fourth-order valence-electron chi connectivity index (χ4n) is 3.49. The van der Waals surface area contributed by atoms with E-state index in [-0.39, 0.29) is 11.3 Å². The molecule has 1 saturated heterocycles. The van der Waals surface area contributed by atoms with Crippen molar-refractivity contribution in [3.05, 3.63) is 18.5 Å². The van der Waals surface area contributed by atoms with Crippen molar-refractivity contribution < 1.29 is 4.79 Å². The molecule has 0 unspecified atom stereocenters. The van der Waals surface area contributed by atoms with E-state index in [1.54, 1.807) is 12.4 Å². The molecule has 0 aromatic carbocycles. The van der Waals surface area contributed by atoms with Gasteiger partial charge in [-0.3, -0.25) is 4.79 Å². The largest absolute Gasteiger partial charge is 0.353 e. The molecule has 0 spiro atoms. The predicted molar refractivity (Wildman–Crippen MR) is 86.6 cm³/mol. The summed E-state index contributed by atoms with van der Waals surface area (Å²) in [6.45, 7) is 3.80. The lowest BCUT2D eigenvalue weighted by Gasteiger charge is -2.39. The minimum atomic E-state index is -0.247. The van der Waals surface area contributed by atoms with Crippen molar-refractivity contribution in [3.8, 4) is 0 Å². The van der Waals surface area contributed by atoms with Crippen molar-refractivity contribution in [2.24, 2.45) is 5.41 Å². The lowest BCUT2D eigenvalue weighted by Crippen LogP contribution is -2.50. The molecule has 1 aliphatic heterocycles. The van der Waals surface area contributed by atoms with Gasteiger partial charge in [0.2, 0.25) is 11.9 Å². The van der Waals surface area contributed by atoms with Gasteiger partial charge in [0.15, 0.2) is 0 Å². The zero-order valence-electron chi connectivity index (χ0n) is 13.4. The maximum atomic E-state index is 12.7. The van der Waals surface area contributed by atoms with Crippen LogP contribution in [0.15, 0.2) is 18.5 Å². The summed E-state index contributed by atoms with van der Waals surface area (Å²) >= 11 is 0. The van der Waals surface area contributed by atoms with Gasteiger partial charge < -0.3 is 10.2 Å². The summed E-state index contributed by atoms with van der Waals surface area (Å²) in [7, 11) is 0. The molecule has 120 valence electrons. The molecule has 1 aliphatic carbocycles. The number of nitrogens with one attached hydrogen (secondary N) is 1. The summed E-state index contributed by atoms with van der Waals surface area (Å²) in [6, 6.07) is 2.23. The highest BCUT2D eigenvalue weighted by molar-refractivity contribution is 5.82. The molecule has 1 N–H and O–H groups in total. The molecule has 5 nitrogen and oxygen atoms in total. The molecule has 2 heterocycles. The number of piperidine rings is 1. The lowest BCUT2D eigenvalue weighted by atomic mass is 9.79. The summed E-state index contributed by atoms with van der Waals surface area (Å²) < 4.78 is 0. The standard InChI is InChI=1S/C17H26N4O/c1-17(15(22)20-14-6-3-2-4-7-14)8-12-21(13-9-17)16-18-10-5-11-19-16/h5,10-11,14H,2-4,6-9,12-13H2,1H3,(H,20,22). The van der Waals surface area contributed by atoms with Gasteiger partial charge in [0.05, 0.1) is 0 Å². The van der Waals surface area contributed by atoms with Gasteiger partial charge in [-0.15, -0.1) is 0 Å². The van der Waals surface area contributed by atoms with Crippen LogP contribution in [-0.2, 0) is 4.79 Å². The molecule has 0 bridgehead atoms. The Bertz CT molecular complexity index is 491. The number of anilines is 1. The van der Waals surface area contributed by atoms with E-state index in [2.05, 4.69) is 27.1 Å². The first-order valence-electron chi connectivity index (χ1n) is 8.50. The SMILES string of the molecule is CC1(C(=O)NC2CCCCC2)CCN(c2ncccn2)CC1. The van der Waals surface area contributed by atoms with Crippen LogP contribution in [-0.4, -0.2) is 35.0 Å². The molecule has 22 heavy (non-hydrogen) atoms. The monoisotopic (exact) mass is 302 g/mol. The van der Waals surface area contributed by atoms with Crippen LogP contribution in [0.3, 0.4) is 0 Å². The van der Waals surface area contributed by atoms with Crippen LogP contribution >= 0.6 is 0 Å². The van der Waals surface area contributed by atoms with E-state index < -0.39 is 0 Å². The Kier molecular flexibility index (Phi) is 4.60. The third-order valence-corrected chi connectivity index (χ3v) is 5.19. The summed E-state index contributed by atoms with van der Waals surface area (Å²) in [5.74, 6) is 1.02. The van der Waals surface area contributed by atoms with Gasteiger partial charge in [-0.05, 0) is 31.7 Å². The van der Waals surface area contributed by atoms with E-state index in [9.17, 15) is 4.79 Å². The smallest absolute Gasteiger partial charge is 0.226 e. The van der Waals surface area contributed by atoms with Crippen molar-refractivity contribution in [2.75, 3.05) is 18.0 Å². The van der Waals surface area contributed by atoms with Gasteiger partial charge in [0, 0.05) is 36.9 Å². The van der Waals surface area contributed by atoms with Gasteiger partial charge in [0.25, 0.3) is 0 Å². The molecule has 5 heteroatoms. The molecule has 1 aromatic heterocycles. The Morgan fingerprint density at radius 2 is 1.82 bits per heavy atom. The molecule has 2 aliphatic rings. The van der Waals surface area contributed by atoms with Crippen molar-refractivity contribution in [2.45, 2.75) is 57.9 Å². The van der Waals surface area contributed by atoms with Crippen LogP contribution in [0.5, 0.6) is 0 Å². The topological polar surface area (TPSA) is 58.1 Å². The zero-order chi connectivity index (χ0) is 15.4. The molecule has 1 amide bonds. The first-order chi connectivity index (χ1) is 10.7. The quantitative estimate of drug-likeness (QED) is 0.932. The number of carbonyl (C=O) groups excluding carboxylic acids is 1. The van der Waals surface area contributed by atoms with E-state index in [0.29, 0.717) is 6.04 Å². The molecular weight excluding hydrogens is 276 g/mol. The van der Waals surface area contributed by atoms with E-state index in [0.717, 1.165) is 44.7 Å². The van der Waals surface area contributed by atoms with Crippen LogP contribution in [0.25, 0.3) is 0 Å². The number of carbonyl (C=O) groups is 1. The van der Waals surface area contributed by atoms with E-state index in [4.69, 9.17) is 0 Å². The van der Waals surface area contributed by atoms with E-state index in [1.165, 1.54) is 19.3 Å². The highest BCUT2D eigenvalue weighted by atomic mass is 16.2. The fourth-order valence-corrected chi connectivity index (χ4v) is 3.49. The van der Waals surface area contributed by atoms with Crippen LogP contribution in [0.2, 0.25) is 0 Å². The highest BCUT2D eigenvalue weighted by Crippen LogP contribution is 2.33. The Morgan fingerprint density at radius 1 is 1.18 bits per heavy atom. The lowest BCUT2D eigenvalue weighted by molar-refractivity contribution is -0.132. The molecule has 2 fully saturated rings. The summed E-state index contributed by atoms with van der Waals surface area (Å²) in [6.07, 6.45) is 11.4. The predicted octanol–water partition coefficient (Wildman–Crippen LogP) is 2.53. The number of amides is 1. The number of hydrogen-bond donors (Lipinski definition) is 1. The third-order valence-electron chi connectivity index (χ3n) is 5.19. The Hall–Kier alpha value is -1.65. The zero-order valence-corrected chi connectivity index (χ0v) is 13.4. The minimum Gasteiger partial charge on any atom is -0.353 e. The summed E-state index contributed by atoms with van der Waals surface area (Å²) in [4.78, 5) is 23.5. The van der Waals surface area contributed by atoms with Crippen molar-refractivity contribution in [3.63, 3.8) is 0 Å². The average Bonchev–Trinajstić information content (AvgIpc) is 2.57. The minimum absolute atomic E-state index is 0.244. The van der Waals surface area contributed by atoms with Gasteiger partial charge in [-0.25, -0.2) is 9.97 Å². The molecular formula is C17H26N4O. The normalized spacial score (nSPS) is 22.3. The summed E-state index contributed by atoms with van der Waals surface area (Å²) in [5.41, 5.74) is -0.247. The molecule has 0 atom stereocenters. The Labute approximate surface area is 132 Å². The van der Waals surface area contributed by atoms with Gasteiger partial charge >= 0.3 is 0 Å². The van der Waals surface area contributed by atoms with Crippen LogP contribution in [0, 0.1) is 5.41 Å². The number of aromatic nitrogens is 2. The second-order valence-corrected chi connectivity index (χ2v) is 6.90. The van der Waals surface area contributed by atoms with Crippen LogP contribution in [0.4, 0.5) is 5.95 Å². The van der Waals surface area contributed by atoms with E-state index >= 15 is 0 Å². The molecule has 1 saturated carbocycles. The molecule has 3 rings (SSSR count). The maximum Gasteiger partial charge on any atom is 0.226 e. The van der Waals surface area contributed by atoms with Crippen LogP contribution in [0.1, 0.15) is 51.9 Å². The van der Waals surface area contributed by atoms with E-state index in [1.807, 2.05) is 6.07 Å². The number of nitrogens with zero attached hydrogens (tertiary/aromatic N) is 3. The second-order valence-electron chi connectivity index (χ2n) is 6.90. The molecule has 1 aromatic rings. The third kappa shape index (κ3) is 3.39. The highest BCUT2D eigenvalue weighted by Gasteiger charge is 2.38. The number of rotatable bonds is 3. The summed E-state index contributed by atoms with van der Waals surface area (Å²) in [5, 5.41) is 3.29. The fraction of sp³-hybridized carbons (Fsp3) is 0.706. The second kappa shape index (κ2) is 6.63. The number of hydrogen-bond acceptors (Lipinski definition) is 4.